The summed E-state index contributed by atoms with van der Waals surface area (Å²) in [5.41, 5.74) is 0.442. The predicted octanol–water partition coefficient (Wildman–Crippen LogP) is 5.29. The molecule has 0 spiro atoms. The summed E-state index contributed by atoms with van der Waals surface area (Å²) in [7, 11) is 0. The lowest BCUT2D eigenvalue weighted by atomic mass is 9.46. The first-order valence-electron chi connectivity index (χ1n) is 9.77. The molecule has 2 heteroatoms. The average molecular weight is 316 g/mol. The van der Waals surface area contributed by atoms with Gasteiger partial charge in [0.05, 0.1) is 5.76 Å². The van der Waals surface area contributed by atoms with Gasteiger partial charge in [-0.25, -0.2) is 0 Å². The molecule has 0 heterocycles. The van der Waals surface area contributed by atoms with Crippen LogP contribution in [0.4, 0.5) is 0 Å². The van der Waals surface area contributed by atoms with Gasteiger partial charge in [-0.3, -0.25) is 4.79 Å². The number of allylic oxidation sites excluding steroid dienone is 2. The maximum atomic E-state index is 12.2. The third-order valence-corrected chi connectivity index (χ3v) is 8.68. The largest absolute Gasteiger partial charge is 0.513 e. The van der Waals surface area contributed by atoms with Crippen molar-refractivity contribution in [3.8, 4) is 0 Å². The van der Waals surface area contributed by atoms with Crippen molar-refractivity contribution in [2.75, 3.05) is 0 Å². The Balaban J connectivity index is 1.67. The van der Waals surface area contributed by atoms with Gasteiger partial charge in [0.15, 0.2) is 0 Å². The van der Waals surface area contributed by atoms with E-state index in [4.69, 9.17) is 0 Å². The van der Waals surface area contributed by atoms with Crippen molar-refractivity contribution in [3.05, 3.63) is 11.8 Å². The van der Waals surface area contributed by atoms with E-state index in [0.29, 0.717) is 23.4 Å². The fraction of sp³-hybridized carbons (Fsp3) is 0.857. The van der Waals surface area contributed by atoms with E-state index in [1.807, 2.05) is 6.92 Å². The van der Waals surface area contributed by atoms with Gasteiger partial charge < -0.3 is 5.11 Å². The summed E-state index contributed by atoms with van der Waals surface area (Å²) in [4.78, 5) is 12.2. The van der Waals surface area contributed by atoms with Gasteiger partial charge in [-0.15, -0.1) is 0 Å². The fourth-order valence-corrected chi connectivity index (χ4v) is 7.57. The van der Waals surface area contributed by atoms with Crippen LogP contribution in [0.3, 0.4) is 0 Å². The van der Waals surface area contributed by atoms with Crippen molar-refractivity contribution in [2.24, 2.45) is 40.4 Å². The fourth-order valence-electron chi connectivity index (χ4n) is 7.57. The summed E-state index contributed by atoms with van der Waals surface area (Å²) in [5, 5.41) is 10.2. The number of ketones is 1. The smallest absolute Gasteiger partial charge is 0.133 e. The molecule has 1 N–H and O–H groups in total. The standard InChI is InChI=1S/C21H32O2/c1-13(22)17-8-9-18-16-7-5-14-4-6-15(23)12-21(14,3)19(16)10-11-20(17,18)2/h12,14,16-19,23H,4-11H2,1-3H3/t14?,16-,17+,18-,19-,20+,21-/m0/s1. The Labute approximate surface area is 140 Å². The Kier molecular flexibility index (Phi) is 3.49. The lowest BCUT2D eigenvalue weighted by Gasteiger charge is -2.59. The summed E-state index contributed by atoms with van der Waals surface area (Å²) < 4.78 is 0. The van der Waals surface area contributed by atoms with Gasteiger partial charge in [0.25, 0.3) is 0 Å². The van der Waals surface area contributed by atoms with Crippen molar-refractivity contribution >= 4 is 5.78 Å². The third kappa shape index (κ3) is 2.09. The lowest BCUT2D eigenvalue weighted by molar-refractivity contribution is -0.129. The monoisotopic (exact) mass is 316 g/mol. The van der Waals surface area contributed by atoms with Crippen LogP contribution >= 0.6 is 0 Å². The average Bonchev–Trinajstić information content (AvgIpc) is 2.83. The summed E-state index contributed by atoms with van der Waals surface area (Å²) in [5.74, 6) is 4.32. The van der Waals surface area contributed by atoms with Crippen molar-refractivity contribution in [3.63, 3.8) is 0 Å². The second-order valence-corrected chi connectivity index (χ2v) is 9.48. The molecule has 0 aromatic carbocycles. The molecule has 1 unspecified atom stereocenters. The lowest BCUT2D eigenvalue weighted by Crippen LogP contribution is -2.52. The summed E-state index contributed by atoms with van der Waals surface area (Å²) in [6, 6.07) is 0. The minimum atomic E-state index is 0.195. The highest BCUT2D eigenvalue weighted by Crippen LogP contribution is 2.66. The predicted molar refractivity (Wildman–Crippen MR) is 92.0 cm³/mol. The number of hydrogen-bond acceptors (Lipinski definition) is 2. The second kappa shape index (κ2) is 5.10. The van der Waals surface area contributed by atoms with Crippen LogP contribution in [0.2, 0.25) is 0 Å². The normalized spacial score (nSPS) is 52.1. The number of aliphatic hydroxyl groups excluding tert-OH is 1. The maximum absolute atomic E-state index is 12.2. The van der Waals surface area contributed by atoms with Crippen LogP contribution in [0.15, 0.2) is 11.8 Å². The van der Waals surface area contributed by atoms with E-state index in [1.54, 1.807) is 0 Å². The number of rotatable bonds is 1. The molecule has 0 saturated heterocycles. The van der Waals surface area contributed by atoms with E-state index in [-0.39, 0.29) is 10.8 Å². The highest BCUT2D eigenvalue weighted by Gasteiger charge is 2.60. The van der Waals surface area contributed by atoms with Crippen molar-refractivity contribution < 1.29 is 9.90 Å². The van der Waals surface area contributed by atoms with Crippen molar-refractivity contribution in [1.29, 1.82) is 0 Å². The first-order valence-corrected chi connectivity index (χ1v) is 9.77. The van der Waals surface area contributed by atoms with E-state index in [0.717, 1.165) is 30.6 Å². The molecular weight excluding hydrogens is 284 g/mol. The summed E-state index contributed by atoms with van der Waals surface area (Å²) in [6.07, 6.45) is 11.8. The molecule has 3 saturated carbocycles. The molecule has 128 valence electrons. The van der Waals surface area contributed by atoms with E-state index < -0.39 is 0 Å². The second-order valence-electron chi connectivity index (χ2n) is 9.48. The number of Topliss-reactive ketones (excluding diaryl/α,β-unsaturated/α-hetero) is 1. The molecule has 2 nitrogen and oxygen atoms in total. The Morgan fingerprint density at radius 3 is 2.61 bits per heavy atom. The van der Waals surface area contributed by atoms with Crippen LogP contribution in [0.1, 0.15) is 72.1 Å². The van der Waals surface area contributed by atoms with Gasteiger partial charge in [0.2, 0.25) is 0 Å². The number of carbonyl (C=O) groups is 1. The number of aliphatic hydroxyl groups is 1. The number of carbonyl (C=O) groups excluding carboxylic acids is 1. The first-order chi connectivity index (χ1) is 10.9. The highest BCUT2D eigenvalue weighted by molar-refractivity contribution is 5.79. The zero-order valence-electron chi connectivity index (χ0n) is 15.0. The van der Waals surface area contributed by atoms with E-state index in [1.165, 1.54) is 38.5 Å². The maximum Gasteiger partial charge on any atom is 0.133 e. The number of fused-ring (bicyclic) bond motifs is 5. The van der Waals surface area contributed by atoms with Gasteiger partial charge >= 0.3 is 0 Å². The Hall–Kier alpha value is -0.790. The van der Waals surface area contributed by atoms with Crippen molar-refractivity contribution in [1.82, 2.24) is 0 Å². The van der Waals surface area contributed by atoms with Crippen LogP contribution in [-0.4, -0.2) is 10.9 Å². The minimum Gasteiger partial charge on any atom is -0.513 e. The van der Waals surface area contributed by atoms with Gasteiger partial charge in [-0.1, -0.05) is 13.8 Å². The molecular formula is C21H32O2. The molecule has 7 atom stereocenters. The van der Waals surface area contributed by atoms with Gasteiger partial charge in [0.1, 0.15) is 5.78 Å². The Bertz CT molecular complexity index is 550. The molecule has 0 aromatic heterocycles. The first kappa shape index (κ1) is 15.7. The van der Waals surface area contributed by atoms with Crippen LogP contribution in [0.25, 0.3) is 0 Å². The molecule has 4 aliphatic carbocycles. The quantitative estimate of drug-likeness (QED) is 0.714. The molecule has 4 rings (SSSR count). The van der Waals surface area contributed by atoms with E-state index >= 15 is 0 Å². The molecule has 0 aliphatic heterocycles. The molecule has 23 heavy (non-hydrogen) atoms. The van der Waals surface area contributed by atoms with Crippen molar-refractivity contribution in [2.45, 2.75) is 72.1 Å². The van der Waals surface area contributed by atoms with Crippen LogP contribution in [-0.2, 0) is 4.79 Å². The topological polar surface area (TPSA) is 37.3 Å². The molecule has 0 aromatic rings. The third-order valence-electron chi connectivity index (χ3n) is 8.68. The highest BCUT2D eigenvalue weighted by atomic mass is 16.3. The van der Waals surface area contributed by atoms with Crippen LogP contribution in [0, 0.1) is 40.4 Å². The number of hydrogen-bond donors (Lipinski definition) is 1. The molecule has 0 bridgehead atoms. The van der Waals surface area contributed by atoms with Gasteiger partial charge in [-0.05, 0) is 92.4 Å². The zero-order chi connectivity index (χ0) is 16.4. The Morgan fingerprint density at radius 1 is 1.09 bits per heavy atom. The van der Waals surface area contributed by atoms with Gasteiger partial charge in [-0.2, -0.15) is 0 Å². The summed E-state index contributed by atoms with van der Waals surface area (Å²) >= 11 is 0. The Morgan fingerprint density at radius 2 is 1.87 bits per heavy atom. The zero-order valence-corrected chi connectivity index (χ0v) is 15.0. The summed E-state index contributed by atoms with van der Waals surface area (Å²) in [6.45, 7) is 6.64. The molecule has 3 fully saturated rings. The van der Waals surface area contributed by atoms with E-state index in [9.17, 15) is 9.90 Å². The molecule has 0 radical (unpaired) electrons. The van der Waals surface area contributed by atoms with E-state index in [2.05, 4.69) is 19.9 Å². The molecule has 4 aliphatic rings. The SMILES string of the molecule is CC(=O)[C@H]1CC[C@H]2[C@@H]3CCC4CCC(O)=C[C@]4(C)[C@H]3CC[C@]12C. The minimum absolute atomic E-state index is 0.195. The van der Waals surface area contributed by atoms with Crippen LogP contribution in [0.5, 0.6) is 0 Å². The van der Waals surface area contributed by atoms with Crippen LogP contribution < -0.4 is 0 Å². The molecule has 0 amide bonds. The van der Waals surface area contributed by atoms with Gasteiger partial charge in [0, 0.05) is 12.3 Å².